The molecule has 15 heavy (non-hydrogen) atoms. The number of hydrogen-bond donors (Lipinski definition) is 1. The summed E-state index contributed by atoms with van der Waals surface area (Å²) in [6.07, 6.45) is 0. The lowest BCUT2D eigenvalue weighted by Crippen LogP contribution is -2.13. The molecule has 0 bridgehead atoms. The molecule has 1 N–H and O–H groups in total. The zero-order chi connectivity index (χ0) is 11.1. The summed E-state index contributed by atoms with van der Waals surface area (Å²) in [4.78, 5) is 10.5. The standard InChI is InChI=1S/C10H13NO3S/c12-6-7-15-8-10(11(13)14)9-4-2-1-3-5-9/h1-5,10,12H,6-8H2. The highest BCUT2D eigenvalue weighted by atomic mass is 32.2. The normalized spacial score (nSPS) is 12.3. The number of aliphatic hydroxyl groups is 1. The topological polar surface area (TPSA) is 63.4 Å². The molecule has 1 unspecified atom stereocenters. The van der Waals surface area contributed by atoms with E-state index in [2.05, 4.69) is 0 Å². The van der Waals surface area contributed by atoms with E-state index in [1.165, 1.54) is 11.8 Å². The molecule has 0 aliphatic carbocycles. The lowest BCUT2D eigenvalue weighted by molar-refractivity contribution is -0.522. The smallest absolute Gasteiger partial charge is 0.246 e. The lowest BCUT2D eigenvalue weighted by atomic mass is 10.1. The molecule has 1 aromatic carbocycles. The fourth-order valence-corrected chi connectivity index (χ4v) is 2.05. The summed E-state index contributed by atoms with van der Waals surface area (Å²) in [6.45, 7) is 0.0594. The van der Waals surface area contributed by atoms with Gasteiger partial charge in [0.25, 0.3) is 0 Å². The van der Waals surface area contributed by atoms with Crippen molar-refractivity contribution in [2.75, 3.05) is 18.1 Å². The minimum absolute atomic E-state index is 0.0594. The van der Waals surface area contributed by atoms with Crippen molar-refractivity contribution in [1.82, 2.24) is 0 Å². The molecule has 1 atom stereocenters. The Labute approximate surface area is 92.5 Å². The fraction of sp³-hybridized carbons (Fsp3) is 0.400. The van der Waals surface area contributed by atoms with Crippen LogP contribution in [-0.4, -0.2) is 28.1 Å². The van der Waals surface area contributed by atoms with Gasteiger partial charge < -0.3 is 5.11 Å². The zero-order valence-electron chi connectivity index (χ0n) is 8.20. The molecule has 0 saturated carbocycles. The molecule has 4 nitrogen and oxygen atoms in total. The van der Waals surface area contributed by atoms with Gasteiger partial charge in [0, 0.05) is 16.2 Å². The van der Waals surface area contributed by atoms with Gasteiger partial charge in [0.15, 0.2) is 0 Å². The number of aliphatic hydroxyl groups excluding tert-OH is 1. The molecule has 1 rings (SSSR count). The van der Waals surface area contributed by atoms with Gasteiger partial charge in [0.2, 0.25) is 6.04 Å². The largest absolute Gasteiger partial charge is 0.396 e. The molecule has 0 amide bonds. The molecule has 1 aromatic rings. The van der Waals surface area contributed by atoms with E-state index in [1.807, 2.05) is 6.07 Å². The third-order valence-corrected chi connectivity index (χ3v) is 2.97. The highest BCUT2D eigenvalue weighted by Gasteiger charge is 2.21. The van der Waals surface area contributed by atoms with E-state index in [0.29, 0.717) is 17.1 Å². The van der Waals surface area contributed by atoms with Gasteiger partial charge in [-0.1, -0.05) is 30.3 Å². The van der Waals surface area contributed by atoms with Gasteiger partial charge in [-0.3, -0.25) is 10.1 Å². The van der Waals surface area contributed by atoms with Crippen LogP contribution in [-0.2, 0) is 0 Å². The summed E-state index contributed by atoms with van der Waals surface area (Å²) in [5.41, 5.74) is 0.716. The monoisotopic (exact) mass is 227 g/mol. The van der Waals surface area contributed by atoms with Crippen LogP contribution in [0.25, 0.3) is 0 Å². The Bertz CT molecular complexity index is 305. The summed E-state index contributed by atoms with van der Waals surface area (Å²) in [5, 5.41) is 19.4. The molecule has 0 aromatic heterocycles. The molecular weight excluding hydrogens is 214 g/mol. The van der Waals surface area contributed by atoms with E-state index >= 15 is 0 Å². The number of benzene rings is 1. The predicted molar refractivity (Wildman–Crippen MR) is 60.6 cm³/mol. The third kappa shape index (κ3) is 3.89. The van der Waals surface area contributed by atoms with Gasteiger partial charge in [-0.25, -0.2) is 0 Å². The Morgan fingerprint density at radius 1 is 1.40 bits per heavy atom. The van der Waals surface area contributed by atoms with Crippen molar-refractivity contribution in [1.29, 1.82) is 0 Å². The van der Waals surface area contributed by atoms with Crippen molar-refractivity contribution in [3.63, 3.8) is 0 Å². The van der Waals surface area contributed by atoms with Crippen molar-refractivity contribution < 1.29 is 10.0 Å². The van der Waals surface area contributed by atoms with E-state index in [4.69, 9.17) is 5.11 Å². The molecule has 0 aliphatic heterocycles. The molecule has 0 fully saturated rings. The zero-order valence-corrected chi connectivity index (χ0v) is 9.02. The number of thioether (sulfide) groups is 1. The first-order valence-corrected chi connectivity index (χ1v) is 5.78. The lowest BCUT2D eigenvalue weighted by Gasteiger charge is -2.08. The molecular formula is C10H13NO3S. The maximum Gasteiger partial charge on any atom is 0.246 e. The number of hydrogen-bond acceptors (Lipinski definition) is 4. The molecule has 0 aliphatic rings. The maximum absolute atomic E-state index is 10.8. The SMILES string of the molecule is O=[N+]([O-])C(CSCCO)c1ccccc1. The van der Waals surface area contributed by atoms with E-state index in [0.717, 1.165) is 0 Å². The summed E-state index contributed by atoms with van der Waals surface area (Å²) in [5.74, 6) is 0.939. The summed E-state index contributed by atoms with van der Waals surface area (Å²) in [6, 6.07) is 8.26. The third-order valence-electron chi connectivity index (χ3n) is 1.95. The second-order valence-corrected chi connectivity index (χ2v) is 4.16. The van der Waals surface area contributed by atoms with Crippen LogP contribution in [0.2, 0.25) is 0 Å². The van der Waals surface area contributed by atoms with Crippen LogP contribution in [0.5, 0.6) is 0 Å². The van der Waals surface area contributed by atoms with Gasteiger partial charge in [-0.15, -0.1) is 0 Å². The fourth-order valence-electron chi connectivity index (χ4n) is 1.21. The first-order valence-electron chi connectivity index (χ1n) is 4.62. The molecule has 5 heteroatoms. The highest BCUT2D eigenvalue weighted by molar-refractivity contribution is 7.99. The van der Waals surface area contributed by atoms with Gasteiger partial charge in [0.05, 0.1) is 12.4 Å². The van der Waals surface area contributed by atoms with Crippen LogP contribution < -0.4 is 0 Å². The van der Waals surface area contributed by atoms with E-state index in [1.54, 1.807) is 24.3 Å². The van der Waals surface area contributed by atoms with Gasteiger partial charge in [-0.2, -0.15) is 11.8 Å². The molecule has 0 saturated heterocycles. The van der Waals surface area contributed by atoms with Crippen LogP contribution in [0.3, 0.4) is 0 Å². The number of nitrogens with zero attached hydrogens (tertiary/aromatic N) is 1. The Morgan fingerprint density at radius 3 is 2.60 bits per heavy atom. The number of rotatable bonds is 6. The van der Waals surface area contributed by atoms with Gasteiger partial charge >= 0.3 is 0 Å². The van der Waals surface area contributed by atoms with Crippen molar-refractivity contribution in [2.45, 2.75) is 6.04 Å². The number of nitro groups is 1. The van der Waals surface area contributed by atoms with Crippen molar-refractivity contribution in [3.8, 4) is 0 Å². The second kappa shape index (κ2) is 6.42. The van der Waals surface area contributed by atoms with E-state index < -0.39 is 6.04 Å². The molecule has 0 spiro atoms. The summed E-state index contributed by atoms with van der Waals surface area (Å²) < 4.78 is 0. The van der Waals surface area contributed by atoms with Crippen molar-refractivity contribution in [2.24, 2.45) is 0 Å². The first kappa shape index (κ1) is 12.0. The van der Waals surface area contributed by atoms with Crippen LogP contribution in [0.4, 0.5) is 0 Å². The summed E-state index contributed by atoms with van der Waals surface area (Å²) in [7, 11) is 0. The first-order chi connectivity index (χ1) is 7.25. The van der Waals surface area contributed by atoms with Gasteiger partial charge in [-0.05, 0) is 0 Å². The highest BCUT2D eigenvalue weighted by Crippen LogP contribution is 2.20. The predicted octanol–water partition coefficient (Wildman–Crippen LogP) is 1.73. The second-order valence-electron chi connectivity index (χ2n) is 3.01. The average Bonchev–Trinajstić information content (AvgIpc) is 2.25. The Balaban J connectivity index is 2.62. The summed E-state index contributed by atoms with van der Waals surface area (Å²) >= 11 is 1.39. The van der Waals surface area contributed by atoms with Crippen LogP contribution in [0.1, 0.15) is 11.6 Å². The maximum atomic E-state index is 10.8. The van der Waals surface area contributed by atoms with Gasteiger partial charge in [0.1, 0.15) is 0 Å². The minimum Gasteiger partial charge on any atom is -0.396 e. The Kier molecular flexibility index (Phi) is 5.14. The molecule has 82 valence electrons. The minimum atomic E-state index is -0.678. The molecule has 0 radical (unpaired) electrons. The molecule has 0 heterocycles. The van der Waals surface area contributed by atoms with E-state index in [-0.39, 0.29) is 11.5 Å². The quantitative estimate of drug-likeness (QED) is 0.456. The van der Waals surface area contributed by atoms with Crippen molar-refractivity contribution in [3.05, 3.63) is 46.0 Å². The van der Waals surface area contributed by atoms with Crippen LogP contribution in [0, 0.1) is 10.1 Å². The van der Waals surface area contributed by atoms with E-state index in [9.17, 15) is 10.1 Å². The average molecular weight is 227 g/mol. The Morgan fingerprint density at radius 2 is 2.07 bits per heavy atom. The van der Waals surface area contributed by atoms with Crippen molar-refractivity contribution >= 4 is 11.8 Å². The Hall–Kier alpha value is -1.07. The van der Waals surface area contributed by atoms with Crippen LogP contribution >= 0.6 is 11.8 Å². The van der Waals surface area contributed by atoms with Crippen LogP contribution in [0.15, 0.2) is 30.3 Å².